The van der Waals surface area contributed by atoms with Gasteiger partial charge in [-0.2, -0.15) is 0 Å². The van der Waals surface area contributed by atoms with Crippen molar-refractivity contribution in [3.63, 3.8) is 0 Å². The van der Waals surface area contributed by atoms with Crippen LogP contribution in [0.5, 0.6) is 0 Å². The standard InChI is InChI=1S/C13H13Cl2NO4/c14-9-3-1-8(10(15)7-9)2-4-12(18)16-6-5-11(17)13(19)20/h1-4,7,11,17H,5-6H2,(H,16,18)(H,19,20)/b4-2+. The molecule has 0 saturated heterocycles. The molecule has 0 radical (unpaired) electrons. The Hall–Kier alpha value is -1.56. The number of carbonyl (C=O) groups is 2. The third kappa shape index (κ3) is 5.61. The first-order valence-corrected chi connectivity index (χ1v) is 6.47. The molecule has 0 fully saturated rings. The number of aliphatic carboxylic acids is 1. The van der Waals surface area contributed by atoms with Crippen molar-refractivity contribution >= 4 is 41.2 Å². The normalized spacial score (nSPS) is 12.3. The largest absolute Gasteiger partial charge is 0.479 e. The minimum atomic E-state index is -1.48. The fraction of sp³-hybridized carbons (Fsp3) is 0.231. The van der Waals surface area contributed by atoms with Crippen LogP contribution in [0.1, 0.15) is 12.0 Å². The number of halogens is 2. The lowest BCUT2D eigenvalue weighted by atomic mass is 10.2. The number of benzene rings is 1. The number of hydrogen-bond acceptors (Lipinski definition) is 3. The zero-order valence-corrected chi connectivity index (χ0v) is 11.9. The van der Waals surface area contributed by atoms with E-state index in [0.29, 0.717) is 15.6 Å². The van der Waals surface area contributed by atoms with Gasteiger partial charge >= 0.3 is 5.97 Å². The monoisotopic (exact) mass is 317 g/mol. The van der Waals surface area contributed by atoms with Crippen LogP contribution in [0.2, 0.25) is 10.0 Å². The number of aliphatic hydroxyl groups is 1. The van der Waals surface area contributed by atoms with Crippen LogP contribution < -0.4 is 5.32 Å². The minimum Gasteiger partial charge on any atom is -0.479 e. The van der Waals surface area contributed by atoms with Crippen LogP contribution in [-0.2, 0) is 9.59 Å². The molecule has 7 heteroatoms. The van der Waals surface area contributed by atoms with Gasteiger partial charge in [0, 0.05) is 29.1 Å². The van der Waals surface area contributed by atoms with E-state index in [2.05, 4.69) is 5.32 Å². The van der Waals surface area contributed by atoms with Crippen molar-refractivity contribution in [1.82, 2.24) is 5.32 Å². The molecule has 108 valence electrons. The maximum absolute atomic E-state index is 11.4. The summed E-state index contributed by atoms with van der Waals surface area (Å²) in [6, 6.07) is 4.88. The van der Waals surface area contributed by atoms with Crippen LogP contribution >= 0.6 is 23.2 Å². The predicted molar refractivity (Wildman–Crippen MR) is 76.8 cm³/mol. The summed E-state index contributed by atoms with van der Waals surface area (Å²) < 4.78 is 0. The Morgan fingerprint density at radius 3 is 2.65 bits per heavy atom. The minimum absolute atomic E-state index is 0.0589. The van der Waals surface area contributed by atoms with Gasteiger partial charge in [0.2, 0.25) is 5.91 Å². The summed E-state index contributed by atoms with van der Waals surface area (Å²) in [6.45, 7) is 0.0605. The Kier molecular flexibility index (Phi) is 6.51. The molecule has 0 aliphatic heterocycles. The van der Waals surface area contributed by atoms with Crippen molar-refractivity contribution in [2.45, 2.75) is 12.5 Å². The molecule has 0 heterocycles. The molecule has 1 rings (SSSR count). The van der Waals surface area contributed by atoms with Crippen LogP contribution in [0.4, 0.5) is 0 Å². The van der Waals surface area contributed by atoms with E-state index in [4.69, 9.17) is 33.4 Å². The van der Waals surface area contributed by atoms with Gasteiger partial charge in [0.05, 0.1) is 0 Å². The molecule has 0 saturated carbocycles. The molecule has 1 unspecified atom stereocenters. The van der Waals surface area contributed by atoms with E-state index in [-0.39, 0.29) is 13.0 Å². The van der Waals surface area contributed by atoms with Gasteiger partial charge in [-0.1, -0.05) is 29.3 Å². The second kappa shape index (κ2) is 7.89. The second-order valence-corrected chi connectivity index (χ2v) is 4.78. The summed E-state index contributed by atoms with van der Waals surface area (Å²) in [7, 11) is 0. The Balaban J connectivity index is 2.46. The van der Waals surface area contributed by atoms with Gasteiger partial charge < -0.3 is 15.5 Å². The molecular weight excluding hydrogens is 305 g/mol. The maximum atomic E-state index is 11.4. The van der Waals surface area contributed by atoms with Crippen molar-refractivity contribution in [3.05, 3.63) is 39.9 Å². The summed E-state index contributed by atoms with van der Waals surface area (Å²) in [5.41, 5.74) is 0.636. The first-order chi connectivity index (χ1) is 9.40. The summed E-state index contributed by atoms with van der Waals surface area (Å²) in [6.07, 6.45) is 1.24. The fourth-order valence-electron chi connectivity index (χ4n) is 1.32. The number of carboxylic acids is 1. The topological polar surface area (TPSA) is 86.6 Å². The molecule has 0 aliphatic rings. The van der Waals surface area contributed by atoms with Crippen LogP contribution in [0.3, 0.4) is 0 Å². The van der Waals surface area contributed by atoms with E-state index in [9.17, 15) is 9.59 Å². The van der Waals surface area contributed by atoms with E-state index in [1.165, 1.54) is 12.2 Å². The Labute approximate surface area is 125 Å². The highest BCUT2D eigenvalue weighted by atomic mass is 35.5. The summed E-state index contributed by atoms with van der Waals surface area (Å²) >= 11 is 11.7. The first-order valence-electron chi connectivity index (χ1n) is 5.72. The highest BCUT2D eigenvalue weighted by Crippen LogP contribution is 2.21. The molecule has 20 heavy (non-hydrogen) atoms. The highest BCUT2D eigenvalue weighted by molar-refractivity contribution is 6.35. The Bertz CT molecular complexity index is 531. The number of aliphatic hydroxyl groups excluding tert-OH is 1. The van der Waals surface area contributed by atoms with Crippen molar-refractivity contribution in [2.24, 2.45) is 0 Å². The van der Waals surface area contributed by atoms with E-state index >= 15 is 0 Å². The number of hydrogen-bond donors (Lipinski definition) is 3. The van der Waals surface area contributed by atoms with Crippen molar-refractivity contribution in [3.8, 4) is 0 Å². The molecule has 5 nitrogen and oxygen atoms in total. The van der Waals surface area contributed by atoms with Crippen molar-refractivity contribution in [1.29, 1.82) is 0 Å². The van der Waals surface area contributed by atoms with Crippen molar-refractivity contribution in [2.75, 3.05) is 6.54 Å². The predicted octanol–water partition coefficient (Wildman–Crippen LogP) is 1.96. The molecule has 0 aliphatic carbocycles. The maximum Gasteiger partial charge on any atom is 0.332 e. The van der Waals surface area contributed by atoms with Crippen LogP contribution in [-0.4, -0.2) is 34.7 Å². The lowest BCUT2D eigenvalue weighted by molar-refractivity contribution is -0.147. The molecule has 1 atom stereocenters. The average Bonchev–Trinajstić information content (AvgIpc) is 2.37. The zero-order valence-electron chi connectivity index (χ0n) is 10.3. The van der Waals surface area contributed by atoms with Gasteiger partial charge in [-0.05, 0) is 23.8 Å². The van der Waals surface area contributed by atoms with E-state index in [0.717, 1.165) is 0 Å². The van der Waals surface area contributed by atoms with Gasteiger partial charge in [0.25, 0.3) is 0 Å². The van der Waals surface area contributed by atoms with Crippen LogP contribution in [0.15, 0.2) is 24.3 Å². The van der Waals surface area contributed by atoms with Crippen LogP contribution in [0.25, 0.3) is 6.08 Å². The molecule has 0 spiro atoms. The highest BCUT2D eigenvalue weighted by Gasteiger charge is 2.12. The molecular formula is C13H13Cl2NO4. The van der Waals surface area contributed by atoms with Crippen molar-refractivity contribution < 1.29 is 19.8 Å². The summed E-state index contributed by atoms with van der Waals surface area (Å²) in [5.74, 6) is -1.73. The fourth-order valence-corrected chi connectivity index (χ4v) is 1.79. The van der Waals surface area contributed by atoms with E-state index in [1.54, 1.807) is 18.2 Å². The average molecular weight is 318 g/mol. The van der Waals surface area contributed by atoms with Gasteiger partial charge in [0.15, 0.2) is 6.10 Å². The molecule has 0 aromatic heterocycles. The first kappa shape index (κ1) is 16.5. The molecule has 3 N–H and O–H groups in total. The van der Waals surface area contributed by atoms with E-state index in [1.807, 2.05) is 0 Å². The number of rotatable bonds is 6. The molecule has 0 bridgehead atoms. The summed E-state index contributed by atoms with van der Waals surface area (Å²) in [4.78, 5) is 21.8. The SMILES string of the molecule is O=C(/C=C/c1ccc(Cl)cc1Cl)NCCC(O)C(=O)O. The smallest absolute Gasteiger partial charge is 0.332 e. The lowest BCUT2D eigenvalue weighted by Gasteiger charge is -2.05. The van der Waals surface area contributed by atoms with E-state index < -0.39 is 18.0 Å². The third-order valence-electron chi connectivity index (χ3n) is 2.38. The summed E-state index contributed by atoms with van der Waals surface area (Å²) in [5, 5.41) is 20.8. The number of amides is 1. The number of carboxylic acid groups (broad SMARTS) is 1. The van der Waals surface area contributed by atoms with Gasteiger partial charge in [-0.15, -0.1) is 0 Å². The molecule has 1 aromatic rings. The third-order valence-corrected chi connectivity index (χ3v) is 2.94. The molecule has 1 aromatic carbocycles. The Morgan fingerprint density at radius 1 is 1.35 bits per heavy atom. The quantitative estimate of drug-likeness (QED) is 0.700. The lowest BCUT2D eigenvalue weighted by Crippen LogP contribution is -2.28. The number of carbonyl (C=O) groups excluding carboxylic acids is 1. The van der Waals surface area contributed by atoms with Gasteiger partial charge in [-0.25, -0.2) is 4.79 Å². The Morgan fingerprint density at radius 2 is 2.05 bits per heavy atom. The second-order valence-electron chi connectivity index (χ2n) is 3.93. The number of nitrogens with one attached hydrogen (secondary N) is 1. The molecule has 1 amide bonds. The van der Waals surface area contributed by atoms with Gasteiger partial charge in [0.1, 0.15) is 0 Å². The van der Waals surface area contributed by atoms with Gasteiger partial charge in [-0.3, -0.25) is 4.79 Å². The van der Waals surface area contributed by atoms with Crippen LogP contribution in [0, 0.1) is 0 Å². The zero-order chi connectivity index (χ0) is 15.1.